The SMILES string of the molecule is CC(C)NC(=O)NC1CC(C(=O)NC(CCC(=O)O)C(N)=O)N(C(=O)c2cccn2C)C1. The topological polar surface area (TPSA) is 176 Å². The fraction of sp³-hybridized carbons (Fsp3) is 0.550. The van der Waals surface area contributed by atoms with Crippen molar-refractivity contribution in [2.24, 2.45) is 12.8 Å². The van der Waals surface area contributed by atoms with Gasteiger partial charge in [-0.25, -0.2) is 4.79 Å². The van der Waals surface area contributed by atoms with E-state index in [0.29, 0.717) is 5.69 Å². The molecule has 12 heteroatoms. The van der Waals surface area contributed by atoms with Gasteiger partial charge >= 0.3 is 12.0 Å². The second-order valence-corrected chi connectivity index (χ2v) is 8.08. The van der Waals surface area contributed by atoms with Crippen molar-refractivity contribution in [2.45, 2.75) is 57.3 Å². The summed E-state index contributed by atoms with van der Waals surface area (Å²) in [4.78, 5) is 62.1. The van der Waals surface area contributed by atoms with Gasteiger partial charge in [-0.05, 0) is 38.8 Å². The Labute approximate surface area is 185 Å². The predicted octanol–water partition coefficient (Wildman–Crippen LogP) is -0.849. The number of carbonyl (C=O) groups excluding carboxylic acids is 4. The van der Waals surface area contributed by atoms with Crippen LogP contribution in [0.25, 0.3) is 0 Å². The van der Waals surface area contributed by atoms with Gasteiger partial charge in [-0.15, -0.1) is 0 Å². The van der Waals surface area contributed by atoms with Crippen LogP contribution in [-0.4, -0.2) is 75.0 Å². The van der Waals surface area contributed by atoms with E-state index in [4.69, 9.17) is 10.8 Å². The van der Waals surface area contributed by atoms with Gasteiger partial charge in [-0.1, -0.05) is 0 Å². The number of rotatable bonds is 9. The van der Waals surface area contributed by atoms with Crippen molar-refractivity contribution in [2.75, 3.05) is 6.54 Å². The van der Waals surface area contributed by atoms with Gasteiger partial charge in [0.05, 0.1) is 6.04 Å². The van der Waals surface area contributed by atoms with Crippen molar-refractivity contribution in [3.05, 3.63) is 24.0 Å². The molecule has 32 heavy (non-hydrogen) atoms. The third kappa shape index (κ3) is 6.46. The van der Waals surface area contributed by atoms with E-state index in [1.165, 1.54) is 4.90 Å². The Balaban J connectivity index is 2.20. The first-order valence-corrected chi connectivity index (χ1v) is 10.3. The molecule has 0 bridgehead atoms. The number of aliphatic carboxylic acids is 1. The van der Waals surface area contributed by atoms with Crippen molar-refractivity contribution in [1.82, 2.24) is 25.4 Å². The molecular weight excluding hydrogens is 420 g/mol. The molecule has 0 spiro atoms. The Kier molecular flexibility index (Phi) is 8.21. The highest BCUT2D eigenvalue weighted by Crippen LogP contribution is 2.22. The number of hydrogen-bond acceptors (Lipinski definition) is 5. The van der Waals surface area contributed by atoms with Gasteiger partial charge < -0.3 is 36.3 Å². The molecule has 0 saturated carbocycles. The first-order chi connectivity index (χ1) is 15.0. The molecule has 3 atom stereocenters. The van der Waals surface area contributed by atoms with E-state index in [0.717, 1.165) is 0 Å². The summed E-state index contributed by atoms with van der Waals surface area (Å²) in [6.45, 7) is 3.69. The van der Waals surface area contributed by atoms with E-state index >= 15 is 0 Å². The predicted molar refractivity (Wildman–Crippen MR) is 113 cm³/mol. The standard InChI is InChI=1S/C20H30N6O6/c1-11(2)22-20(32)23-12-9-15(18(30)24-13(17(21)29)6-7-16(27)28)26(10-12)19(31)14-5-4-8-25(14)3/h4-5,8,11-13,15H,6-7,9-10H2,1-3H3,(H2,21,29)(H,24,30)(H,27,28)(H2,22,23,32). The second kappa shape index (κ2) is 10.6. The van der Waals surface area contributed by atoms with Crippen LogP contribution < -0.4 is 21.7 Å². The summed E-state index contributed by atoms with van der Waals surface area (Å²) >= 11 is 0. The van der Waals surface area contributed by atoms with Gasteiger partial charge in [0.1, 0.15) is 17.8 Å². The monoisotopic (exact) mass is 450 g/mol. The Hall–Kier alpha value is -3.57. The quantitative estimate of drug-likeness (QED) is 0.327. The fourth-order valence-corrected chi connectivity index (χ4v) is 3.55. The van der Waals surface area contributed by atoms with Gasteiger partial charge in [0.25, 0.3) is 5.91 Å². The maximum atomic E-state index is 13.1. The smallest absolute Gasteiger partial charge is 0.315 e. The molecule has 1 saturated heterocycles. The largest absolute Gasteiger partial charge is 0.481 e. The van der Waals surface area contributed by atoms with E-state index in [1.807, 2.05) is 0 Å². The van der Waals surface area contributed by atoms with Crippen LogP contribution in [0.3, 0.4) is 0 Å². The molecule has 6 N–H and O–H groups in total. The van der Waals surface area contributed by atoms with Gasteiger partial charge in [0, 0.05) is 32.3 Å². The van der Waals surface area contributed by atoms with Gasteiger partial charge in [-0.3, -0.25) is 19.2 Å². The van der Waals surface area contributed by atoms with Gasteiger partial charge in [-0.2, -0.15) is 0 Å². The molecule has 1 aromatic heterocycles. The molecule has 5 amide bonds. The van der Waals surface area contributed by atoms with Crippen molar-refractivity contribution < 1.29 is 29.1 Å². The highest BCUT2D eigenvalue weighted by molar-refractivity contribution is 5.98. The number of carboxylic acid groups (broad SMARTS) is 1. The zero-order valence-corrected chi connectivity index (χ0v) is 18.3. The average molecular weight is 450 g/mol. The highest BCUT2D eigenvalue weighted by Gasteiger charge is 2.41. The Bertz CT molecular complexity index is 882. The number of aryl methyl sites for hydroxylation is 1. The molecular formula is C20H30N6O6. The number of carboxylic acids is 1. The van der Waals surface area contributed by atoms with Gasteiger partial charge in [0.2, 0.25) is 11.8 Å². The number of likely N-dealkylation sites (tertiary alicyclic amines) is 1. The molecule has 0 radical (unpaired) electrons. The summed E-state index contributed by atoms with van der Waals surface area (Å²) in [5, 5.41) is 16.8. The number of aromatic nitrogens is 1. The lowest BCUT2D eigenvalue weighted by molar-refractivity contribution is -0.138. The van der Waals surface area contributed by atoms with E-state index in [2.05, 4.69) is 16.0 Å². The third-order valence-corrected chi connectivity index (χ3v) is 5.09. The lowest BCUT2D eigenvalue weighted by Crippen LogP contribution is -2.52. The van der Waals surface area contributed by atoms with Crippen molar-refractivity contribution >= 4 is 29.7 Å². The molecule has 176 valence electrons. The molecule has 12 nitrogen and oxygen atoms in total. The fourth-order valence-electron chi connectivity index (χ4n) is 3.55. The van der Waals surface area contributed by atoms with E-state index < -0.39 is 47.8 Å². The molecule has 1 aliphatic heterocycles. The summed E-state index contributed by atoms with van der Waals surface area (Å²) in [5.74, 6) is -3.06. The number of nitrogens with one attached hydrogen (secondary N) is 3. The minimum atomic E-state index is -1.19. The molecule has 3 unspecified atom stereocenters. The molecule has 0 aromatic carbocycles. The number of nitrogens with zero attached hydrogens (tertiary/aromatic N) is 2. The number of nitrogens with two attached hydrogens (primary N) is 1. The molecule has 2 heterocycles. The van der Waals surface area contributed by atoms with Crippen LogP contribution in [0.2, 0.25) is 0 Å². The summed E-state index contributed by atoms with van der Waals surface area (Å²) in [6, 6.07) is 0.118. The average Bonchev–Trinajstić information content (AvgIpc) is 3.29. The Morgan fingerprint density at radius 2 is 1.91 bits per heavy atom. The van der Waals surface area contributed by atoms with E-state index in [9.17, 15) is 24.0 Å². The van der Waals surface area contributed by atoms with Crippen LogP contribution in [0, 0.1) is 0 Å². The lowest BCUT2D eigenvalue weighted by Gasteiger charge is -2.25. The summed E-state index contributed by atoms with van der Waals surface area (Å²) in [5.41, 5.74) is 5.66. The second-order valence-electron chi connectivity index (χ2n) is 8.08. The molecule has 1 aliphatic rings. The van der Waals surface area contributed by atoms with Crippen molar-refractivity contribution in [3.8, 4) is 0 Å². The first kappa shape index (κ1) is 24.7. The van der Waals surface area contributed by atoms with Gasteiger partial charge in [0.15, 0.2) is 0 Å². The molecule has 2 rings (SSSR count). The summed E-state index contributed by atoms with van der Waals surface area (Å²) in [7, 11) is 1.69. The van der Waals surface area contributed by atoms with Crippen molar-refractivity contribution in [1.29, 1.82) is 0 Å². The third-order valence-electron chi connectivity index (χ3n) is 5.09. The number of hydrogen-bond donors (Lipinski definition) is 5. The minimum absolute atomic E-state index is 0.0873. The lowest BCUT2D eigenvalue weighted by atomic mass is 10.1. The maximum absolute atomic E-state index is 13.1. The first-order valence-electron chi connectivity index (χ1n) is 10.3. The zero-order valence-electron chi connectivity index (χ0n) is 18.3. The zero-order chi connectivity index (χ0) is 24.0. The summed E-state index contributed by atoms with van der Waals surface area (Å²) < 4.78 is 1.61. The van der Waals surface area contributed by atoms with Crippen LogP contribution in [0.4, 0.5) is 4.79 Å². The molecule has 0 aliphatic carbocycles. The number of urea groups is 1. The minimum Gasteiger partial charge on any atom is -0.481 e. The van der Waals surface area contributed by atoms with Crippen LogP contribution in [0.15, 0.2) is 18.3 Å². The number of carbonyl (C=O) groups is 5. The van der Waals surface area contributed by atoms with Crippen LogP contribution in [0.5, 0.6) is 0 Å². The maximum Gasteiger partial charge on any atom is 0.315 e. The highest BCUT2D eigenvalue weighted by atomic mass is 16.4. The van der Waals surface area contributed by atoms with E-state index in [-0.39, 0.29) is 31.8 Å². The molecule has 1 aromatic rings. The Morgan fingerprint density at radius 1 is 1.22 bits per heavy atom. The van der Waals surface area contributed by atoms with E-state index in [1.54, 1.807) is 43.8 Å². The van der Waals surface area contributed by atoms with Crippen LogP contribution in [0.1, 0.15) is 43.6 Å². The van der Waals surface area contributed by atoms with Crippen LogP contribution in [-0.2, 0) is 21.4 Å². The molecule has 1 fully saturated rings. The number of primary amides is 1. The normalized spacial score (nSPS) is 18.8. The summed E-state index contributed by atoms with van der Waals surface area (Å²) in [6.07, 6.45) is 1.29. The van der Waals surface area contributed by atoms with Crippen molar-refractivity contribution in [3.63, 3.8) is 0 Å². The number of amides is 5. The van der Waals surface area contributed by atoms with Crippen LogP contribution >= 0.6 is 0 Å². The Morgan fingerprint density at radius 3 is 2.44 bits per heavy atom.